The van der Waals surface area contributed by atoms with Gasteiger partial charge in [-0.05, 0) is 36.2 Å². The molecule has 0 bridgehead atoms. The van der Waals surface area contributed by atoms with Gasteiger partial charge in [-0.2, -0.15) is 0 Å². The molecule has 0 atom stereocenters. The van der Waals surface area contributed by atoms with Crippen LogP contribution in [0.4, 0.5) is 11.4 Å². The predicted molar refractivity (Wildman–Crippen MR) is 120 cm³/mol. The normalized spacial score (nSPS) is 10.5. The van der Waals surface area contributed by atoms with Crippen LogP contribution in [0, 0.1) is 0 Å². The topological polar surface area (TPSA) is 77.2 Å². The van der Waals surface area contributed by atoms with E-state index in [9.17, 15) is 4.79 Å². The van der Waals surface area contributed by atoms with E-state index >= 15 is 0 Å². The van der Waals surface area contributed by atoms with Gasteiger partial charge < -0.3 is 15.8 Å². The third-order valence-corrected chi connectivity index (χ3v) is 4.77. The molecule has 1 aromatic heterocycles. The standard InChI is InChI=1S/C23H21N3O2.ClH/c1-28-21-14-15(11-13-22(24)27)10-12-20(21)26-23-16-6-2-4-8-18(16)25-19-9-5-3-7-17(19)23;/h2-10,12,14H,11,13H2,1H3,(H2,24,27)(H,25,26);1H. The highest BCUT2D eigenvalue weighted by Gasteiger charge is 2.12. The molecule has 0 unspecified atom stereocenters. The highest BCUT2D eigenvalue weighted by atomic mass is 35.5. The molecule has 1 heterocycles. The first-order valence-electron chi connectivity index (χ1n) is 9.15. The van der Waals surface area contributed by atoms with Gasteiger partial charge in [-0.25, -0.2) is 4.98 Å². The van der Waals surface area contributed by atoms with Crippen molar-refractivity contribution in [1.29, 1.82) is 0 Å². The Labute approximate surface area is 175 Å². The number of aromatic nitrogens is 1. The summed E-state index contributed by atoms with van der Waals surface area (Å²) in [6.45, 7) is 0. The van der Waals surface area contributed by atoms with Gasteiger partial charge in [0, 0.05) is 17.2 Å². The largest absolute Gasteiger partial charge is 0.495 e. The van der Waals surface area contributed by atoms with E-state index < -0.39 is 0 Å². The minimum absolute atomic E-state index is 0. The summed E-state index contributed by atoms with van der Waals surface area (Å²) in [6, 6.07) is 22.0. The molecular weight excluding hydrogens is 386 g/mol. The van der Waals surface area contributed by atoms with Crippen molar-refractivity contribution in [1.82, 2.24) is 4.98 Å². The maximum absolute atomic E-state index is 11.1. The zero-order valence-corrected chi connectivity index (χ0v) is 16.8. The van der Waals surface area contributed by atoms with E-state index in [4.69, 9.17) is 15.5 Å². The van der Waals surface area contributed by atoms with Crippen molar-refractivity contribution in [3.8, 4) is 5.75 Å². The number of methoxy groups -OCH3 is 1. The smallest absolute Gasteiger partial charge is 0.217 e. The van der Waals surface area contributed by atoms with Gasteiger partial charge in [-0.3, -0.25) is 4.79 Å². The summed E-state index contributed by atoms with van der Waals surface area (Å²) in [5, 5.41) is 5.63. The number of benzene rings is 3. The Kier molecular flexibility index (Phi) is 6.20. The number of nitrogens with one attached hydrogen (secondary N) is 1. The molecule has 0 aliphatic rings. The third kappa shape index (κ3) is 4.25. The average Bonchev–Trinajstić information content (AvgIpc) is 2.72. The van der Waals surface area contributed by atoms with Gasteiger partial charge in [0.15, 0.2) is 0 Å². The lowest BCUT2D eigenvalue weighted by molar-refractivity contribution is -0.117. The second kappa shape index (κ2) is 8.80. The van der Waals surface area contributed by atoms with Crippen molar-refractivity contribution in [3.05, 3.63) is 72.3 Å². The Morgan fingerprint density at radius 3 is 2.21 bits per heavy atom. The highest BCUT2D eigenvalue weighted by Crippen LogP contribution is 2.36. The van der Waals surface area contributed by atoms with E-state index in [0.29, 0.717) is 18.6 Å². The molecule has 0 aliphatic heterocycles. The van der Waals surface area contributed by atoms with Crippen LogP contribution in [0.3, 0.4) is 0 Å². The van der Waals surface area contributed by atoms with Crippen LogP contribution in [-0.4, -0.2) is 18.0 Å². The van der Waals surface area contributed by atoms with Gasteiger partial charge in [0.2, 0.25) is 5.91 Å². The first-order valence-corrected chi connectivity index (χ1v) is 9.15. The summed E-state index contributed by atoms with van der Waals surface area (Å²) in [6.07, 6.45) is 0.905. The Hall–Kier alpha value is -3.31. The number of aryl methyl sites for hydroxylation is 1. The maximum atomic E-state index is 11.1. The Balaban J connectivity index is 0.00000240. The van der Waals surface area contributed by atoms with Gasteiger partial charge >= 0.3 is 0 Å². The van der Waals surface area contributed by atoms with Crippen molar-refractivity contribution in [3.63, 3.8) is 0 Å². The molecule has 29 heavy (non-hydrogen) atoms. The summed E-state index contributed by atoms with van der Waals surface area (Å²) >= 11 is 0. The number of halogens is 1. The molecule has 4 aromatic rings. The fourth-order valence-corrected chi connectivity index (χ4v) is 3.37. The summed E-state index contributed by atoms with van der Waals surface area (Å²) in [4.78, 5) is 15.8. The summed E-state index contributed by atoms with van der Waals surface area (Å²) in [7, 11) is 1.64. The maximum Gasteiger partial charge on any atom is 0.217 e. The van der Waals surface area contributed by atoms with E-state index in [-0.39, 0.29) is 18.3 Å². The molecule has 0 aliphatic carbocycles. The van der Waals surface area contributed by atoms with E-state index in [1.165, 1.54) is 0 Å². The number of carbonyl (C=O) groups is 1. The fraction of sp³-hybridized carbons (Fsp3) is 0.130. The number of pyridine rings is 1. The summed E-state index contributed by atoms with van der Waals surface area (Å²) in [5.74, 6) is 0.405. The van der Waals surface area contributed by atoms with E-state index in [0.717, 1.165) is 38.7 Å². The Bertz CT molecular complexity index is 1120. The number of ether oxygens (including phenoxy) is 1. The minimum Gasteiger partial charge on any atom is -0.495 e. The number of rotatable bonds is 6. The molecule has 3 N–H and O–H groups in total. The zero-order chi connectivity index (χ0) is 19.5. The van der Waals surface area contributed by atoms with Crippen LogP contribution in [-0.2, 0) is 11.2 Å². The first-order chi connectivity index (χ1) is 13.7. The quantitative estimate of drug-likeness (QED) is 0.442. The molecule has 0 fully saturated rings. The molecule has 0 saturated carbocycles. The third-order valence-electron chi connectivity index (χ3n) is 4.77. The SMILES string of the molecule is COc1cc(CCC(N)=O)ccc1Nc1c2ccccc2nc2ccccc12.Cl. The van der Waals surface area contributed by atoms with Crippen LogP contribution < -0.4 is 15.8 Å². The number of nitrogens with zero attached hydrogens (tertiary/aromatic N) is 1. The molecule has 5 nitrogen and oxygen atoms in total. The van der Waals surface area contributed by atoms with Gasteiger partial charge in [0.05, 0.1) is 29.5 Å². The zero-order valence-electron chi connectivity index (χ0n) is 16.0. The number of hydrogen-bond acceptors (Lipinski definition) is 4. The molecule has 0 radical (unpaired) electrons. The van der Waals surface area contributed by atoms with Gasteiger partial charge in [0.25, 0.3) is 0 Å². The van der Waals surface area contributed by atoms with Crippen LogP contribution in [0.2, 0.25) is 0 Å². The lowest BCUT2D eigenvalue weighted by Crippen LogP contribution is -2.11. The van der Waals surface area contributed by atoms with E-state index in [1.807, 2.05) is 54.6 Å². The van der Waals surface area contributed by atoms with Crippen LogP contribution in [0.25, 0.3) is 21.8 Å². The van der Waals surface area contributed by atoms with Crippen LogP contribution >= 0.6 is 12.4 Å². The lowest BCUT2D eigenvalue weighted by Gasteiger charge is -2.16. The summed E-state index contributed by atoms with van der Waals surface area (Å²) in [5.41, 5.74) is 9.97. The predicted octanol–water partition coefficient (Wildman–Crippen LogP) is 4.98. The number of carbonyl (C=O) groups excluding carboxylic acids is 1. The molecular formula is C23H22ClN3O2. The first kappa shape index (κ1) is 20.4. The second-order valence-electron chi connectivity index (χ2n) is 6.65. The fourth-order valence-electron chi connectivity index (χ4n) is 3.37. The van der Waals surface area contributed by atoms with Gasteiger partial charge in [-0.15, -0.1) is 12.4 Å². The minimum atomic E-state index is -0.309. The number of fused-ring (bicyclic) bond motifs is 2. The molecule has 0 saturated heterocycles. The van der Waals surface area contributed by atoms with Crippen molar-refractivity contribution >= 4 is 51.5 Å². The number of amides is 1. The molecule has 1 amide bonds. The van der Waals surface area contributed by atoms with Crippen molar-refractivity contribution in [2.24, 2.45) is 5.73 Å². The van der Waals surface area contributed by atoms with Crippen LogP contribution in [0.15, 0.2) is 66.7 Å². The monoisotopic (exact) mass is 407 g/mol. The molecule has 6 heteroatoms. The molecule has 4 rings (SSSR count). The van der Waals surface area contributed by atoms with E-state index in [1.54, 1.807) is 7.11 Å². The van der Waals surface area contributed by atoms with Crippen LogP contribution in [0.5, 0.6) is 5.75 Å². The van der Waals surface area contributed by atoms with Gasteiger partial charge in [-0.1, -0.05) is 42.5 Å². The van der Waals surface area contributed by atoms with Crippen LogP contribution in [0.1, 0.15) is 12.0 Å². The Morgan fingerprint density at radius 1 is 1.00 bits per heavy atom. The van der Waals surface area contributed by atoms with E-state index in [2.05, 4.69) is 17.4 Å². The lowest BCUT2D eigenvalue weighted by atomic mass is 10.1. The van der Waals surface area contributed by atoms with Gasteiger partial charge in [0.1, 0.15) is 5.75 Å². The number of para-hydroxylation sites is 2. The second-order valence-corrected chi connectivity index (χ2v) is 6.65. The van der Waals surface area contributed by atoms with Crippen molar-refractivity contribution in [2.45, 2.75) is 12.8 Å². The average molecular weight is 408 g/mol. The number of anilines is 2. The molecule has 3 aromatic carbocycles. The molecule has 148 valence electrons. The summed E-state index contributed by atoms with van der Waals surface area (Å²) < 4.78 is 5.59. The number of nitrogens with two attached hydrogens (primary N) is 1. The van der Waals surface area contributed by atoms with Crippen molar-refractivity contribution < 1.29 is 9.53 Å². The number of hydrogen-bond donors (Lipinski definition) is 2. The number of primary amides is 1. The highest BCUT2D eigenvalue weighted by molar-refractivity contribution is 6.08. The molecule has 0 spiro atoms. The van der Waals surface area contributed by atoms with Crippen molar-refractivity contribution in [2.75, 3.05) is 12.4 Å². The Morgan fingerprint density at radius 2 is 1.62 bits per heavy atom.